The predicted molar refractivity (Wildman–Crippen MR) is 84.2 cm³/mol. The Kier molecular flexibility index (Phi) is 5.44. The highest BCUT2D eigenvalue weighted by Gasteiger charge is 2.01. The smallest absolute Gasteiger partial charge is 0.119 e. The van der Waals surface area contributed by atoms with E-state index >= 15 is 0 Å². The monoisotopic (exact) mass is 270 g/mol. The first-order valence-electron chi connectivity index (χ1n) is 6.97. The standard InChI is InChI=1S/C17H22N2O/c1-19(16-10-8-15(14-18)9-11-16)12-5-13-20-17-6-3-2-4-7-17/h2-4,6-11H,5,12-14,18H2,1H3. The van der Waals surface area contributed by atoms with E-state index in [0.717, 1.165) is 30.9 Å². The molecule has 3 nitrogen and oxygen atoms in total. The van der Waals surface area contributed by atoms with Crippen molar-refractivity contribution in [2.45, 2.75) is 13.0 Å². The molecule has 2 rings (SSSR count). The number of ether oxygens (including phenoxy) is 1. The largest absolute Gasteiger partial charge is 0.494 e. The van der Waals surface area contributed by atoms with Crippen molar-refractivity contribution in [3.8, 4) is 5.75 Å². The van der Waals surface area contributed by atoms with Crippen molar-refractivity contribution in [3.63, 3.8) is 0 Å². The molecule has 2 aromatic rings. The fraction of sp³-hybridized carbons (Fsp3) is 0.294. The summed E-state index contributed by atoms with van der Waals surface area (Å²) in [6.07, 6.45) is 0.990. The lowest BCUT2D eigenvalue weighted by Gasteiger charge is -2.19. The second-order valence-corrected chi connectivity index (χ2v) is 4.81. The van der Waals surface area contributed by atoms with Gasteiger partial charge < -0.3 is 15.4 Å². The van der Waals surface area contributed by atoms with Crippen molar-refractivity contribution >= 4 is 5.69 Å². The number of para-hydroxylation sites is 1. The molecule has 20 heavy (non-hydrogen) atoms. The van der Waals surface area contributed by atoms with Crippen LogP contribution in [0.3, 0.4) is 0 Å². The van der Waals surface area contributed by atoms with E-state index in [1.54, 1.807) is 0 Å². The number of nitrogens with zero attached hydrogens (tertiary/aromatic N) is 1. The molecule has 0 bridgehead atoms. The summed E-state index contributed by atoms with van der Waals surface area (Å²) in [7, 11) is 2.10. The Morgan fingerprint density at radius 1 is 1.00 bits per heavy atom. The van der Waals surface area contributed by atoms with E-state index < -0.39 is 0 Å². The molecule has 2 aromatic carbocycles. The molecule has 0 radical (unpaired) electrons. The molecule has 0 heterocycles. The average molecular weight is 270 g/mol. The van der Waals surface area contributed by atoms with Gasteiger partial charge >= 0.3 is 0 Å². The summed E-state index contributed by atoms with van der Waals surface area (Å²) >= 11 is 0. The van der Waals surface area contributed by atoms with Crippen LogP contribution >= 0.6 is 0 Å². The third-order valence-corrected chi connectivity index (χ3v) is 3.26. The molecule has 0 aliphatic rings. The number of anilines is 1. The Bertz CT molecular complexity index is 496. The fourth-order valence-electron chi connectivity index (χ4n) is 2.02. The molecule has 0 atom stereocenters. The highest BCUT2D eigenvalue weighted by Crippen LogP contribution is 2.14. The molecular weight excluding hydrogens is 248 g/mol. The maximum atomic E-state index is 5.69. The van der Waals surface area contributed by atoms with Gasteiger partial charge in [-0.05, 0) is 36.2 Å². The molecule has 0 spiro atoms. The molecule has 106 valence electrons. The Morgan fingerprint density at radius 2 is 1.70 bits per heavy atom. The molecule has 0 saturated carbocycles. The molecule has 2 N–H and O–H groups in total. The van der Waals surface area contributed by atoms with E-state index in [0.29, 0.717) is 6.54 Å². The van der Waals surface area contributed by atoms with Crippen LogP contribution in [0.4, 0.5) is 5.69 Å². The van der Waals surface area contributed by atoms with Crippen molar-refractivity contribution in [2.75, 3.05) is 25.1 Å². The lowest BCUT2D eigenvalue weighted by molar-refractivity contribution is 0.312. The number of nitrogens with two attached hydrogens (primary N) is 1. The van der Waals surface area contributed by atoms with Gasteiger partial charge in [0.15, 0.2) is 0 Å². The topological polar surface area (TPSA) is 38.5 Å². The van der Waals surface area contributed by atoms with E-state index in [9.17, 15) is 0 Å². The van der Waals surface area contributed by atoms with Gasteiger partial charge in [0, 0.05) is 25.8 Å². The number of hydrogen-bond acceptors (Lipinski definition) is 3. The first kappa shape index (κ1) is 14.4. The van der Waals surface area contributed by atoms with Gasteiger partial charge in [0.1, 0.15) is 5.75 Å². The Morgan fingerprint density at radius 3 is 2.35 bits per heavy atom. The van der Waals surface area contributed by atoms with E-state index in [1.807, 2.05) is 30.3 Å². The molecule has 0 unspecified atom stereocenters. The van der Waals surface area contributed by atoms with Gasteiger partial charge in [-0.25, -0.2) is 0 Å². The van der Waals surface area contributed by atoms with Gasteiger partial charge in [0.25, 0.3) is 0 Å². The molecule has 0 amide bonds. The highest BCUT2D eigenvalue weighted by molar-refractivity contribution is 5.46. The average Bonchev–Trinajstić information content (AvgIpc) is 2.52. The van der Waals surface area contributed by atoms with Crippen molar-refractivity contribution < 1.29 is 4.74 Å². The Balaban J connectivity index is 1.73. The lowest BCUT2D eigenvalue weighted by Crippen LogP contribution is -2.20. The molecule has 0 aromatic heterocycles. The second kappa shape index (κ2) is 7.56. The van der Waals surface area contributed by atoms with E-state index in [2.05, 4.69) is 36.2 Å². The van der Waals surface area contributed by atoms with Gasteiger partial charge in [-0.15, -0.1) is 0 Å². The lowest BCUT2D eigenvalue weighted by atomic mass is 10.2. The Hall–Kier alpha value is -2.00. The zero-order chi connectivity index (χ0) is 14.2. The summed E-state index contributed by atoms with van der Waals surface area (Å²) < 4.78 is 5.69. The minimum absolute atomic E-state index is 0.592. The van der Waals surface area contributed by atoms with Crippen LogP contribution in [-0.4, -0.2) is 20.2 Å². The zero-order valence-corrected chi connectivity index (χ0v) is 12.0. The fourth-order valence-corrected chi connectivity index (χ4v) is 2.02. The van der Waals surface area contributed by atoms with Crippen molar-refractivity contribution in [3.05, 3.63) is 60.2 Å². The number of benzene rings is 2. The molecule has 0 fully saturated rings. The van der Waals surface area contributed by atoms with Crippen LogP contribution in [0.1, 0.15) is 12.0 Å². The quantitative estimate of drug-likeness (QED) is 0.786. The van der Waals surface area contributed by atoms with Crippen LogP contribution in [0.15, 0.2) is 54.6 Å². The van der Waals surface area contributed by atoms with Gasteiger partial charge in [-0.3, -0.25) is 0 Å². The summed E-state index contributed by atoms with van der Waals surface area (Å²) in [4.78, 5) is 2.23. The minimum atomic E-state index is 0.592. The number of rotatable bonds is 7. The van der Waals surface area contributed by atoms with Crippen LogP contribution in [0.5, 0.6) is 5.75 Å². The van der Waals surface area contributed by atoms with Crippen molar-refractivity contribution in [1.29, 1.82) is 0 Å². The molecular formula is C17H22N2O. The summed E-state index contributed by atoms with van der Waals surface area (Å²) in [6, 6.07) is 18.3. The van der Waals surface area contributed by atoms with Crippen LogP contribution in [0.2, 0.25) is 0 Å². The maximum Gasteiger partial charge on any atom is 0.119 e. The normalized spacial score (nSPS) is 10.3. The summed E-state index contributed by atoms with van der Waals surface area (Å²) in [5.41, 5.74) is 7.97. The first-order chi connectivity index (χ1) is 9.79. The number of hydrogen-bond donors (Lipinski definition) is 1. The zero-order valence-electron chi connectivity index (χ0n) is 12.0. The molecule has 3 heteroatoms. The first-order valence-corrected chi connectivity index (χ1v) is 6.97. The Labute approximate surface area is 121 Å². The SMILES string of the molecule is CN(CCCOc1ccccc1)c1ccc(CN)cc1. The van der Waals surface area contributed by atoms with Gasteiger partial charge in [0.2, 0.25) is 0 Å². The minimum Gasteiger partial charge on any atom is -0.494 e. The second-order valence-electron chi connectivity index (χ2n) is 4.81. The van der Waals surface area contributed by atoms with Crippen molar-refractivity contribution in [1.82, 2.24) is 0 Å². The molecule has 0 aliphatic carbocycles. The van der Waals surface area contributed by atoms with Gasteiger partial charge in [-0.2, -0.15) is 0 Å². The van der Waals surface area contributed by atoms with Crippen molar-refractivity contribution in [2.24, 2.45) is 5.73 Å². The van der Waals surface area contributed by atoms with E-state index in [-0.39, 0.29) is 0 Å². The van der Waals surface area contributed by atoms with Crippen LogP contribution in [0.25, 0.3) is 0 Å². The van der Waals surface area contributed by atoms with Gasteiger partial charge in [0.05, 0.1) is 6.61 Å². The third kappa shape index (κ3) is 4.28. The van der Waals surface area contributed by atoms with Crippen LogP contribution < -0.4 is 15.4 Å². The predicted octanol–water partition coefficient (Wildman–Crippen LogP) is 3.05. The van der Waals surface area contributed by atoms with Crippen LogP contribution in [0, 0.1) is 0 Å². The van der Waals surface area contributed by atoms with E-state index in [1.165, 1.54) is 5.69 Å². The summed E-state index contributed by atoms with van der Waals surface area (Å²) in [5, 5.41) is 0. The summed E-state index contributed by atoms with van der Waals surface area (Å²) in [5.74, 6) is 0.933. The molecule has 0 aliphatic heterocycles. The maximum absolute atomic E-state index is 5.69. The van der Waals surface area contributed by atoms with Gasteiger partial charge in [-0.1, -0.05) is 30.3 Å². The highest BCUT2D eigenvalue weighted by atomic mass is 16.5. The summed E-state index contributed by atoms with van der Waals surface area (Å²) in [6.45, 7) is 2.29. The van der Waals surface area contributed by atoms with E-state index in [4.69, 9.17) is 10.5 Å². The third-order valence-electron chi connectivity index (χ3n) is 3.26. The van der Waals surface area contributed by atoms with Crippen LogP contribution in [-0.2, 0) is 6.54 Å². The molecule has 0 saturated heterocycles.